The van der Waals surface area contributed by atoms with Gasteiger partial charge in [-0.15, -0.1) is 0 Å². The molecule has 3 aromatic carbocycles. The summed E-state index contributed by atoms with van der Waals surface area (Å²) >= 11 is 0. The number of hydrogen-bond acceptors (Lipinski definition) is 7. The van der Waals surface area contributed by atoms with E-state index in [1.807, 2.05) is 41.3 Å². The summed E-state index contributed by atoms with van der Waals surface area (Å²) in [6.07, 6.45) is 15.9. The highest BCUT2D eigenvalue weighted by Crippen LogP contribution is 2.36. The maximum atomic E-state index is 13.5. The van der Waals surface area contributed by atoms with Gasteiger partial charge in [0, 0.05) is 54.2 Å². The molecule has 7 rings (SSSR count). The van der Waals surface area contributed by atoms with E-state index in [-0.39, 0.29) is 36.5 Å². The number of aryl methyl sites for hydroxylation is 1. The first kappa shape index (κ1) is 40.6. The molecule has 5 atom stereocenters. The molecule has 1 fully saturated rings. The van der Waals surface area contributed by atoms with Crippen molar-refractivity contribution in [2.45, 2.75) is 116 Å². The Bertz CT molecular complexity index is 2030. The monoisotopic (exact) mass is 774 g/mol. The molecule has 4 heterocycles. The van der Waals surface area contributed by atoms with Crippen LogP contribution in [0.2, 0.25) is 0 Å². The van der Waals surface area contributed by atoms with Gasteiger partial charge in [-0.2, -0.15) is 0 Å². The molecule has 1 aromatic heterocycles. The van der Waals surface area contributed by atoms with Crippen LogP contribution in [0, 0.1) is 11.8 Å². The number of hydrogen-bond donors (Lipinski definition) is 4. The first-order chi connectivity index (χ1) is 27.6. The Morgan fingerprint density at radius 1 is 1.00 bits per heavy atom. The van der Waals surface area contributed by atoms with E-state index in [4.69, 9.17) is 15.2 Å². The first-order valence-corrected chi connectivity index (χ1v) is 21.3. The van der Waals surface area contributed by atoms with Crippen LogP contribution in [0.4, 0.5) is 0 Å². The van der Waals surface area contributed by atoms with Crippen LogP contribution in [0.1, 0.15) is 107 Å². The van der Waals surface area contributed by atoms with Crippen LogP contribution in [0.5, 0.6) is 11.5 Å². The standard InChI is InChI=1S/C48H62N4O5/c1-4-33(12-11-32(2)3)14-18-41-26-40(53)17-13-34-15-19-44(54)45(23-34)57-31-39-25-37(42(35-9-6-5-7-10-35)27-47(55)51-21-8-22-51)24-38-28-52(29-43(38)39)48-36(30-56-41)16-20-46(49)50-48/h5-7,9-10,15-16,19-20,23-25,28-29,32-33,40-42,46,50,53-54H,4,8,11-14,17-18,21-22,26-27,30-31,49H2,1-3H3. The van der Waals surface area contributed by atoms with Gasteiger partial charge in [0.15, 0.2) is 11.5 Å². The van der Waals surface area contributed by atoms with E-state index in [0.717, 1.165) is 83.2 Å². The molecule has 1 amide bonds. The molecule has 3 aliphatic heterocycles. The topological polar surface area (TPSA) is 122 Å². The van der Waals surface area contributed by atoms with E-state index in [0.29, 0.717) is 49.9 Å². The van der Waals surface area contributed by atoms with E-state index < -0.39 is 6.10 Å². The number of aromatic nitrogens is 1. The number of aliphatic hydroxyl groups excluding tert-OH is 1. The highest BCUT2D eigenvalue weighted by atomic mass is 16.5. The molecule has 9 heteroatoms. The van der Waals surface area contributed by atoms with E-state index >= 15 is 0 Å². The highest BCUT2D eigenvalue weighted by molar-refractivity contribution is 5.88. The maximum absolute atomic E-state index is 13.5. The maximum Gasteiger partial charge on any atom is 0.223 e. The van der Waals surface area contributed by atoms with Crippen molar-refractivity contribution in [2.75, 3.05) is 19.7 Å². The van der Waals surface area contributed by atoms with Gasteiger partial charge in [0.2, 0.25) is 5.91 Å². The molecule has 0 saturated carbocycles. The lowest BCUT2D eigenvalue weighted by Gasteiger charge is -2.32. The molecule has 5 unspecified atom stereocenters. The number of rotatable bonds is 11. The molecule has 0 radical (unpaired) electrons. The third-order valence-electron chi connectivity index (χ3n) is 12.2. The van der Waals surface area contributed by atoms with E-state index in [1.165, 1.54) is 12.8 Å². The Labute approximate surface area is 338 Å². The largest absolute Gasteiger partial charge is 0.504 e. The van der Waals surface area contributed by atoms with Gasteiger partial charge in [-0.3, -0.25) is 4.79 Å². The van der Waals surface area contributed by atoms with E-state index in [9.17, 15) is 15.0 Å². The molecule has 57 heavy (non-hydrogen) atoms. The van der Waals surface area contributed by atoms with Gasteiger partial charge in [-0.05, 0) is 96.9 Å². The Balaban J connectivity index is 1.28. The van der Waals surface area contributed by atoms with E-state index in [1.54, 1.807) is 6.07 Å². The number of aromatic hydroxyl groups is 1. The van der Waals surface area contributed by atoms with Gasteiger partial charge >= 0.3 is 0 Å². The molecule has 4 aromatic rings. The Hall–Kier alpha value is -4.57. The Morgan fingerprint density at radius 3 is 2.58 bits per heavy atom. The smallest absolute Gasteiger partial charge is 0.223 e. The van der Waals surface area contributed by atoms with Crippen molar-refractivity contribution < 1.29 is 24.5 Å². The number of ether oxygens (including phenoxy) is 2. The van der Waals surface area contributed by atoms with Gasteiger partial charge in [-0.1, -0.05) is 88.6 Å². The third-order valence-corrected chi connectivity index (χ3v) is 12.2. The number of nitrogens with two attached hydrogens (primary N) is 1. The minimum absolute atomic E-state index is 0.0689. The first-order valence-electron chi connectivity index (χ1n) is 21.3. The van der Waals surface area contributed by atoms with Crippen molar-refractivity contribution in [1.29, 1.82) is 0 Å². The number of likely N-dealkylation sites (tertiary alicyclic amines) is 1. The summed E-state index contributed by atoms with van der Waals surface area (Å²) in [5.41, 5.74) is 11.5. The second kappa shape index (κ2) is 18.8. The van der Waals surface area contributed by atoms with Gasteiger partial charge in [0.05, 0.1) is 25.0 Å². The fraction of sp³-hybridized carbons (Fsp3) is 0.479. The number of phenols is 1. The number of fused-ring (bicyclic) bond motifs is 4. The van der Waals surface area contributed by atoms with Crippen LogP contribution in [-0.2, 0) is 22.6 Å². The van der Waals surface area contributed by atoms with Gasteiger partial charge in [0.1, 0.15) is 12.4 Å². The van der Waals surface area contributed by atoms with Crippen LogP contribution < -0.4 is 15.8 Å². The van der Waals surface area contributed by atoms with Crippen LogP contribution in [0.3, 0.4) is 0 Å². The number of amides is 1. The molecule has 5 N–H and O–H groups in total. The molecule has 304 valence electrons. The van der Waals surface area contributed by atoms with Crippen molar-refractivity contribution in [3.8, 4) is 11.5 Å². The second-order valence-corrected chi connectivity index (χ2v) is 16.9. The van der Waals surface area contributed by atoms with Crippen molar-refractivity contribution in [2.24, 2.45) is 17.6 Å². The average molecular weight is 775 g/mol. The van der Waals surface area contributed by atoms with Crippen LogP contribution in [0.15, 0.2) is 90.8 Å². The number of nitrogens with one attached hydrogen (secondary N) is 1. The fourth-order valence-corrected chi connectivity index (χ4v) is 8.50. The summed E-state index contributed by atoms with van der Waals surface area (Å²) in [5.74, 6) is 2.63. The SMILES string of the molecule is CCC(CCC(C)C)CCC1CC(O)CCc2ccc(O)c(c2)OCc2cc(C(CC(=O)N3CCC3)c3ccccc3)cc3cn(cc23)C2=C(C=CC(N)N2)CO1. The zero-order valence-electron chi connectivity index (χ0n) is 34.0. The molecule has 1 saturated heterocycles. The minimum atomic E-state index is -0.544. The van der Waals surface area contributed by atoms with E-state index in [2.05, 4.69) is 73.4 Å². The summed E-state index contributed by atoms with van der Waals surface area (Å²) in [5, 5.41) is 27.9. The quantitative estimate of drug-likeness (QED) is 0.120. The van der Waals surface area contributed by atoms with Crippen molar-refractivity contribution in [1.82, 2.24) is 14.8 Å². The fourth-order valence-electron chi connectivity index (χ4n) is 8.50. The number of carbonyl (C=O) groups excluding carboxylic acids is 1. The molecule has 0 aliphatic carbocycles. The summed E-state index contributed by atoms with van der Waals surface area (Å²) in [6, 6.07) is 20.1. The number of phenolic OH excluding ortho intramolecular Hbond substituents is 1. The van der Waals surface area contributed by atoms with Crippen molar-refractivity contribution in [3.63, 3.8) is 0 Å². The summed E-state index contributed by atoms with van der Waals surface area (Å²) in [4.78, 5) is 15.5. The van der Waals surface area contributed by atoms with Crippen LogP contribution in [0.25, 0.3) is 16.6 Å². The molecule has 9 nitrogen and oxygen atoms in total. The van der Waals surface area contributed by atoms with Crippen molar-refractivity contribution in [3.05, 3.63) is 113 Å². The lowest BCUT2D eigenvalue weighted by molar-refractivity contribution is -0.134. The summed E-state index contributed by atoms with van der Waals surface area (Å²) < 4.78 is 15.3. The molecular formula is C48H62N4O5. The van der Waals surface area contributed by atoms with Gasteiger partial charge < -0.3 is 40.2 Å². The molecule has 4 bridgehead atoms. The van der Waals surface area contributed by atoms with Crippen molar-refractivity contribution >= 4 is 22.5 Å². The average Bonchev–Trinajstić information content (AvgIpc) is 3.62. The second-order valence-electron chi connectivity index (χ2n) is 16.9. The summed E-state index contributed by atoms with van der Waals surface area (Å²) in [7, 11) is 0. The van der Waals surface area contributed by atoms with Gasteiger partial charge in [0.25, 0.3) is 0 Å². The number of benzene rings is 3. The number of aliphatic hydroxyl groups is 1. The van der Waals surface area contributed by atoms with Crippen LogP contribution >= 0.6 is 0 Å². The Kier molecular flexibility index (Phi) is 13.4. The molecular weight excluding hydrogens is 713 g/mol. The predicted molar refractivity (Wildman–Crippen MR) is 228 cm³/mol. The number of carbonyl (C=O) groups is 1. The Morgan fingerprint density at radius 2 is 1.82 bits per heavy atom. The minimum Gasteiger partial charge on any atom is -0.504 e. The highest BCUT2D eigenvalue weighted by Gasteiger charge is 2.27. The lowest BCUT2D eigenvalue weighted by atomic mass is 9.86. The van der Waals surface area contributed by atoms with Crippen LogP contribution in [-0.4, -0.2) is 63.7 Å². The predicted octanol–water partition coefficient (Wildman–Crippen LogP) is 8.62. The normalized spacial score (nSPS) is 21.3. The zero-order valence-corrected chi connectivity index (χ0v) is 34.0. The summed E-state index contributed by atoms with van der Waals surface area (Å²) in [6.45, 7) is 9.06. The zero-order chi connectivity index (χ0) is 39.9. The molecule has 0 spiro atoms. The van der Waals surface area contributed by atoms with Gasteiger partial charge in [-0.25, -0.2) is 0 Å². The molecule has 3 aliphatic rings. The number of dihydropyridines is 1. The number of nitrogens with zero attached hydrogens (tertiary/aromatic N) is 2. The third kappa shape index (κ3) is 10.3. The lowest BCUT2D eigenvalue weighted by Crippen LogP contribution is -2.42.